The summed E-state index contributed by atoms with van der Waals surface area (Å²) in [6.45, 7) is 18.4. The van der Waals surface area contributed by atoms with E-state index in [9.17, 15) is 4.79 Å². The highest BCUT2D eigenvalue weighted by atomic mass is 16.1. The molecule has 0 saturated carbocycles. The summed E-state index contributed by atoms with van der Waals surface area (Å²) < 4.78 is 2.07. The van der Waals surface area contributed by atoms with Gasteiger partial charge in [0, 0.05) is 34.8 Å². The van der Waals surface area contributed by atoms with Crippen molar-refractivity contribution in [3.63, 3.8) is 0 Å². The standard InChI is InChI=1S/C10H11NO.2C2H6/c1-6-8(3)11-5-4-9(11)7(2)10(6)12;2*1-2/h1,3-5H2,2H3;2*1-2H3. The van der Waals surface area contributed by atoms with Gasteiger partial charge in [-0.25, -0.2) is 0 Å². The number of hydrogen-bond acceptors (Lipinski definition) is 1. The van der Waals surface area contributed by atoms with Crippen LogP contribution in [0.2, 0.25) is 0 Å². The summed E-state index contributed by atoms with van der Waals surface area (Å²) in [7, 11) is 0. The Balaban J connectivity index is 0.000000509. The van der Waals surface area contributed by atoms with Crippen LogP contribution in [0, 0.1) is 6.92 Å². The van der Waals surface area contributed by atoms with Crippen molar-refractivity contribution >= 4 is 13.2 Å². The second-order valence-electron chi connectivity index (χ2n) is 3.23. The van der Waals surface area contributed by atoms with Gasteiger partial charge in [-0.15, -0.1) is 0 Å². The van der Waals surface area contributed by atoms with Crippen molar-refractivity contribution in [2.75, 3.05) is 0 Å². The molecule has 2 nitrogen and oxygen atoms in total. The normalized spacial score (nSPS) is 11.1. The van der Waals surface area contributed by atoms with Crippen molar-refractivity contribution in [2.45, 2.75) is 47.6 Å². The van der Waals surface area contributed by atoms with Crippen LogP contribution in [0.3, 0.4) is 0 Å². The van der Waals surface area contributed by atoms with Crippen molar-refractivity contribution < 1.29 is 0 Å². The minimum atomic E-state index is 0.0611. The van der Waals surface area contributed by atoms with Crippen molar-refractivity contribution in [2.24, 2.45) is 0 Å². The molecule has 1 aliphatic rings. The molecule has 0 saturated heterocycles. The Hall–Kier alpha value is -1.31. The molecule has 2 rings (SSSR count). The molecule has 0 unspecified atom stereocenters. The van der Waals surface area contributed by atoms with Gasteiger partial charge in [-0.05, 0) is 6.92 Å². The maximum absolute atomic E-state index is 11.5. The van der Waals surface area contributed by atoms with E-state index in [1.807, 2.05) is 34.6 Å². The van der Waals surface area contributed by atoms with Gasteiger partial charge in [0.25, 0.3) is 0 Å². The van der Waals surface area contributed by atoms with E-state index in [0.29, 0.717) is 5.22 Å². The molecule has 0 aromatic carbocycles. The number of fused-ring (bicyclic) bond motifs is 1. The van der Waals surface area contributed by atoms with Crippen LogP contribution in [0.25, 0.3) is 13.2 Å². The summed E-state index contributed by atoms with van der Waals surface area (Å²) >= 11 is 0. The van der Waals surface area contributed by atoms with Crippen LogP contribution in [0.15, 0.2) is 4.79 Å². The molecule has 2 heterocycles. The fraction of sp³-hybridized carbons (Fsp3) is 0.500. The first-order valence-corrected chi connectivity index (χ1v) is 6.03. The lowest BCUT2D eigenvalue weighted by Gasteiger charge is -2.25. The summed E-state index contributed by atoms with van der Waals surface area (Å²) in [5, 5.41) is 1.34. The first-order chi connectivity index (χ1) is 7.63. The average Bonchev–Trinajstić information content (AvgIpc) is 2.29. The smallest absolute Gasteiger partial charge is 0.191 e. The highest BCUT2D eigenvalue weighted by molar-refractivity contribution is 5.28. The van der Waals surface area contributed by atoms with E-state index in [0.717, 1.165) is 29.6 Å². The lowest BCUT2D eigenvalue weighted by molar-refractivity contribution is 0.519. The van der Waals surface area contributed by atoms with Gasteiger partial charge in [-0.2, -0.15) is 0 Å². The monoisotopic (exact) mass is 221 g/mol. The van der Waals surface area contributed by atoms with Gasteiger partial charge in [0.2, 0.25) is 0 Å². The molecule has 0 spiro atoms. The van der Waals surface area contributed by atoms with Gasteiger partial charge in [0.05, 0.1) is 0 Å². The molecule has 0 amide bonds. The van der Waals surface area contributed by atoms with Gasteiger partial charge in [0.1, 0.15) is 0 Å². The Morgan fingerprint density at radius 2 is 1.62 bits per heavy atom. The van der Waals surface area contributed by atoms with Crippen LogP contribution in [0.5, 0.6) is 0 Å². The summed E-state index contributed by atoms with van der Waals surface area (Å²) in [4.78, 5) is 11.5. The van der Waals surface area contributed by atoms with Gasteiger partial charge in [-0.3, -0.25) is 4.79 Å². The molecule has 1 aliphatic heterocycles. The number of rotatable bonds is 0. The van der Waals surface area contributed by atoms with E-state index in [4.69, 9.17) is 0 Å². The molecule has 1 aromatic rings. The Kier molecular flexibility index (Phi) is 5.79. The van der Waals surface area contributed by atoms with Crippen molar-refractivity contribution in [1.82, 2.24) is 4.57 Å². The third-order valence-corrected chi connectivity index (χ3v) is 2.62. The molecule has 0 bridgehead atoms. The zero-order valence-corrected chi connectivity index (χ0v) is 11.2. The molecule has 0 aliphatic carbocycles. The number of pyridine rings is 1. The highest BCUT2D eigenvalue weighted by Gasteiger charge is 2.16. The molecule has 0 radical (unpaired) electrons. The highest BCUT2D eigenvalue weighted by Crippen LogP contribution is 2.10. The second kappa shape index (κ2) is 6.31. The Labute approximate surface area is 97.9 Å². The van der Waals surface area contributed by atoms with Gasteiger partial charge in [-0.1, -0.05) is 40.9 Å². The first-order valence-electron chi connectivity index (χ1n) is 6.03. The van der Waals surface area contributed by atoms with Crippen LogP contribution in [0.4, 0.5) is 0 Å². The minimum absolute atomic E-state index is 0.0611. The average molecular weight is 221 g/mol. The van der Waals surface area contributed by atoms with Crippen molar-refractivity contribution in [1.29, 1.82) is 0 Å². The maximum atomic E-state index is 11.5. The molecule has 16 heavy (non-hydrogen) atoms. The van der Waals surface area contributed by atoms with Gasteiger partial charge in [0.15, 0.2) is 5.43 Å². The third-order valence-electron chi connectivity index (χ3n) is 2.62. The fourth-order valence-electron chi connectivity index (χ4n) is 1.67. The zero-order chi connectivity index (χ0) is 12.9. The SMILES string of the molecule is C=c1c(=O)c(C)c2n(c1=C)CC2.CC.CC. The molecule has 90 valence electrons. The lowest BCUT2D eigenvalue weighted by Crippen LogP contribution is -2.50. The summed E-state index contributed by atoms with van der Waals surface area (Å²) in [6.07, 6.45) is 1.00. The molecule has 2 heteroatoms. The quantitative estimate of drug-likeness (QED) is 0.652. The van der Waals surface area contributed by atoms with Crippen LogP contribution < -0.4 is 16.0 Å². The Bertz CT molecular complexity index is 463. The predicted molar refractivity (Wildman–Crippen MR) is 72.1 cm³/mol. The van der Waals surface area contributed by atoms with Gasteiger partial charge >= 0.3 is 0 Å². The Morgan fingerprint density at radius 3 is 2.00 bits per heavy atom. The predicted octanol–water partition coefficient (Wildman–Crippen LogP) is 1.59. The number of aromatic nitrogens is 1. The molecule has 0 atom stereocenters. The van der Waals surface area contributed by atoms with Gasteiger partial charge < -0.3 is 4.57 Å². The van der Waals surface area contributed by atoms with Crippen LogP contribution >= 0.6 is 0 Å². The van der Waals surface area contributed by atoms with Crippen molar-refractivity contribution in [3.05, 3.63) is 32.0 Å². The lowest BCUT2D eigenvalue weighted by atomic mass is 10.0. The number of nitrogens with zero attached hydrogens (tertiary/aromatic N) is 1. The van der Waals surface area contributed by atoms with Crippen LogP contribution in [0.1, 0.15) is 39.0 Å². The van der Waals surface area contributed by atoms with E-state index in [-0.39, 0.29) is 5.43 Å². The van der Waals surface area contributed by atoms with E-state index >= 15 is 0 Å². The van der Waals surface area contributed by atoms with Crippen LogP contribution in [-0.2, 0) is 13.0 Å². The molecule has 0 N–H and O–H groups in total. The topological polar surface area (TPSA) is 22.0 Å². The van der Waals surface area contributed by atoms with Crippen molar-refractivity contribution in [3.8, 4) is 0 Å². The minimum Gasteiger partial charge on any atom is -0.344 e. The summed E-state index contributed by atoms with van der Waals surface area (Å²) in [5.74, 6) is 0. The molecule has 1 aromatic heterocycles. The Morgan fingerprint density at radius 1 is 1.12 bits per heavy atom. The number of hydrogen-bond donors (Lipinski definition) is 0. The van der Waals surface area contributed by atoms with E-state index in [1.54, 1.807) is 0 Å². The summed E-state index contributed by atoms with van der Waals surface area (Å²) in [5.41, 5.74) is 2.04. The fourth-order valence-corrected chi connectivity index (χ4v) is 1.67. The molecular weight excluding hydrogens is 198 g/mol. The van der Waals surface area contributed by atoms with E-state index in [1.165, 1.54) is 0 Å². The summed E-state index contributed by atoms with van der Waals surface area (Å²) in [6, 6.07) is 0. The maximum Gasteiger partial charge on any atom is 0.191 e. The molecular formula is C14H23NO. The molecule has 0 fully saturated rings. The zero-order valence-electron chi connectivity index (χ0n) is 11.2. The third kappa shape index (κ3) is 2.26. The van der Waals surface area contributed by atoms with Crippen LogP contribution in [-0.4, -0.2) is 4.57 Å². The van der Waals surface area contributed by atoms with E-state index < -0.39 is 0 Å². The van der Waals surface area contributed by atoms with E-state index in [2.05, 4.69) is 17.7 Å². The first kappa shape index (κ1) is 14.7. The largest absolute Gasteiger partial charge is 0.344 e. The second-order valence-corrected chi connectivity index (χ2v) is 3.23.